The Balaban J connectivity index is 0.000000107. The topological polar surface area (TPSA) is 14.8 Å². The monoisotopic (exact) mass is 1690 g/mol. The normalized spacial score (nSPS) is 11.7. The van der Waals surface area contributed by atoms with Crippen molar-refractivity contribution >= 4 is 152 Å². The van der Waals surface area contributed by atoms with E-state index >= 15 is 0 Å². The summed E-state index contributed by atoms with van der Waals surface area (Å²) in [5.74, 6) is 0. The molecule has 133 heavy (non-hydrogen) atoms. The van der Waals surface area contributed by atoms with Crippen molar-refractivity contribution < 1.29 is 0 Å². The van der Waals surface area contributed by atoms with Crippen molar-refractivity contribution in [2.24, 2.45) is 7.05 Å². The van der Waals surface area contributed by atoms with Gasteiger partial charge in [-0.15, -0.1) is 0 Å². The highest BCUT2D eigenvalue weighted by molar-refractivity contribution is 6.26. The van der Waals surface area contributed by atoms with Crippen molar-refractivity contribution in [3.8, 4) is 100 Å². The van der Waals surface area contributed by atoms with Gasteiger partial charge < -0.3 is 13.7 Å². The lowest BCUT2D eigenvalue weighted by molar-refractivity contribution is 1.01. The average molecular weight is 1690 g/mol. The fraction of sp³-hybridized carbons (Fsp3) is 0.0154. The predicted octanol–water partition coefficient (Wildman–Crippen LogP) is 35.8. The standard InChI is InChI=1S/C46H29N.C45H31N.C39H27N/c1-2-15-35-30(12-1)24-25-31-26-27-33(29-42(31)35)46-40-20-5-3-18-38(40)45(39-19-4-6-21-41(39)46)32-13-11-14-34(28-32)47-43-22-9-7-16-36(43)37-17-8-10-23-44(37)47;1-30-22-24-31(25-23-30)44-37-17-5-7-19-39(37)45(40-20-8-6-18-38(40)44)34-13-11-12-32(28-34)33-26-27-43-41(29-33)36-16-9-10-21-42(36)46(43)35-14-3-2-4-15-35;1-40-36-21-10-9-16-30(36)35-25-28(22-23-37(35)40)27-14-11-15-29(24-27)39-33-19-7-5-17-31(33)38(26-12-3-2-4-13-26)32-18-6-8-20-34(32)39/h1-29H;2-29H,1H3;2-25H,1H3. The van der Waals surface area contributed by atoms with Crippen LogP contribution in [0, 0.1) is 6.92 Å². The fourth-order valence-electron chi connectivity index (χ4n) is 21.8. The first-order chi connectivity index (χ1) is 65.8. The van der Waals surface area contributed by atoms with E-state index in [4.69, 9.17) is 0 Å². The summed E-state index contributed by atoms with van der Waals surface area (Å²) in [6, 6.07) is 180. The molecular weight excluding hydrogens is 1600 g/mol. The molecule has 0 N–H and O–H groups in total. The van der Waals surface area contributed by atoms with Crippen molar-refractivity contribution in [3.05, 3.63) is 497 Å². The number of hydrogen-bond acceptors (Lipinski definition) is 0. The van der Waals surface area contributed by atoms with Crippen LogP contribution in [0.25, 0.3) is 252 Å². The van der Waals surface area contributed by atoms with E-state index < -0.39 is 0 Å². The first-order valence-corrected chi connectivity index (χ1v) is 46.1. The maximum Gasteiger partial charge on any atom is 0.0541 e. The van der Waals surface area contributed by atoms with Crippen molar-refractivity contribution in [2.45, 2.75) is 6.92 Å². The molecule has 27 rings (SSSR count). The molecule has 0 unspecified atom stereocenters. The van der Waals surface area contributed by atoms with Gasteiger partial charge in [-0.1, -0.05) is 406 Å². The maximum atomic E-state index is 2.41. The first-order valence-electron chi connectivity index (χ1n) is 46.1. The highest BCUT2D eigenvalue weighted by Crippen LogP contribution is 2.50. The number of para-hydroxylation sites is 5. The predicted molar refractivity (Wildman–Crippen MR) is 570 cm³/mol. The van der Waals surface area contributed by atoms with E-state index in [1.165, 1.54) is 258 Å². The van der Waals surface area contributed by atoms with Gasteiger partial charge in [-0.25, -0.2) is 0 Å². The van der Waals surface area contributed by atoms with Gasteiger partial charge in [0.1, 0.15) is 0 Å². The molecule has 0 radical (unpaired) electrons. The smallest absolute Gasteiger partial charge is 0.0541 e. The molecule has 0 saturated heterocycles. The molecule has 3 heterocycles. The van der Waals surface area contributed by atoms with Crippen LogP contribution in [0.3, 0.4) is 0 Å². The van der Waals surface area contributed by atoms with Crippen molar-refractivity contribution in [2.75, 3.05) is 0 Å². The van der Waals surface area contributed by atoms with Gasteiger partial charge in [-0.2, -0.15) is 0 Å². The molecule has 0 aliphatic rings. The molecule has 27 aromatic rings. The summed E-state index contributed by atoms with van der Waals surface area (Å²) in [5, 5.41) is 28.1. The van der Waals surface area contributed by atoms with E-state index in [1.807, 2.05) is 0 Å². The van der Waals surface area contributed by atoms with E-state index in [1.54, 1.807) is 0 Å². The summed E-state index contributed by atoms with van der Waals surface area (Å²) >= 11 is 0. The van der Waals surface area contributed by atoms with Crippen LogP contribution in [-0.4, -0.2) is 13.7 Å². The summed E-state index contributed by atoms with van der Waals surface area (Å²) in [7, 11) is 2.15. The molecular formula is C130H87N3. The molecule has 3 aromatic heterocycles. The zero-order valence-electron chi connectivity index (χ0n) is 73.6. The van der Waals surface area contributed by atoms with E-state index in [0.29, 0.717) is 0 Å². The second-order valence-corrected chi connectivity index (χ2v) is 35.3. The molecule has 622 valence electrons. The fourth-order valence-corrected chi connectivity index (χ4v) is 21.8. The van der Waals surface area contributed by atoms with Gasteiger partial charge >= 0.3 is 0 Å². The van der Waals surface area contributed by atoms with Gasteiger partial charge in [0.25, 0.3) is 0 Å². The van der Waals surface area contributed by atoms with E-state index in [-0.39, 0.29) is 0 Å². The molecule has 0 amide bonds. The molecule has 0 aliphatic carbocycles. The van der Waals surface area contributed by atoms with Crippen LogP contribution in [0.2, 0.25) is 0 Å². The van der Waals surface area contributed by atoms with Gasteiger partial charge in [-0.05, 0) is 273 Å². The Kier molecular flexibility index (Phi) is 19.1. The van der Waals surface area contributed by atoms with Crippen molar-refractivity contribution in [3.63, 3.8) is 0 Å². The maximum absolute atomic E-state index is 2.41. The minimum Gasteiger partial charge on any atom is -0.344 e. The molecule has 0 bridgehead atoms. The third-order valence-electron chi connectivity index (χ3n) is 27.8. The summed E-state index contributed by atoms with van der Waals surface area (Å²) in [6.07, 6.45) is 0. The number of rotatable bonds is 10. The molecule has 0 fully saturated rings. The van der Waals surface area contributed by atoms with Gasteiger partial charge in [0, 0.05) is 61.8 Å². The minimum absolute atomic E-state index is 1.17. The highest BCUT2D eigenvalue weighted by Gasteiger charge is 2.24. The SMILES string of the molecule is Cc1ccc(-c2c3ccccc3c(-c3cccc(-c4ccc5c(c4)c4ccccc4n5-c4ccccc4)c3)c3ccccc23)cc1.Cn1c2ccccc2c2cc(-c3cccc(-c4c5ccccc5c(-c5ccccc5)c5ccccc45)c3)ccc21.c1cc(-c2c3ccccc3c(-c3ccc4ccc5ccccc5c4c3)c3ccccc23)cc(-n2c3ccccc3c3ccccc32)c1. The second-order valence-electron chi connectivity index (χ2n) is 35.3. The number of aryl methyl sites for hydroxylation is 2. The minimum atomic E-state index is 1.17. The van der Waals surface area contributed by atoms with Crippen LogP contribution in [0.15, 0.2) is 491 Å². The largest absolute Gasteiger partial charge is 0.344 e. The molecule has 3 heteroatoms. The van der Waals surface area contributed by atoms with Gasteiger partial charge in [-0.3, -0.25) is 0 Å². The summed E-state index contributed by atoms with van der Waals surface area (Å²) < 4.78 is 7.07. The number of fused-ring (bicyclic) bond motifs is 18. The van der Waals surface area contributed by atoms with Crippen LogP contribution in [-0.2, 0) is 7.05 Å². The molecule has 0 atom stereocenters. The number of aromatic nitrogens is 3. The van der Waals surface area contributed by atoms with E-state index in [9.17, 15) is 0 Å². The number of benzene rings is 24. The van der Waals surface area contributed by atoms with Crippen LogP contribution < -0.4 is 0 Å². The molecule has 0 saturated carbocycles. The van der Waals surface area contributed by atoms with Crippen LogP contribution in [0.4, 0.5) is 0 Å². The zero-order valence-corrected chi connectivity index (χ0v) is 73.6. The second kappa shape index (κ2) is 32.5. The summed E-state index contributed by atoms with van der Waals surface area (Å²) in [4.78, 5) is 0. The quantitative estimate of drug-likeness (QED) is 0.0958. The Labute approximate surface area is 771 Å². The molecule has 24 aromatic carbocycles. The zero-order chi connectivity index (χ0) is 88.1. The lowest BCUT2D eigenvalue weighted by atomic mass is 9.85. The lowest BCUT2D eigenvalue weighted by Crippen LogP contribution is -1.95. The Morgan fingerprint density at radius 2 is 0.376 bits per heavy atom. The van der Waals surface area contributed by atoms with Gasteiger partial charge in [0.2, 0.25) is 0 Å². The average Bonchev–Trinajstić information content (AvgIpc) is 1.64. The van der Waals surface area contributed by atoms with Gasteiger partial charge in [0.15, 0.2) is 0 Å². The van der Waals surface area contributed by atoms with Crippen LogP contribution in [0.5, 0.6) is 0 Å². The molecule has 3 nitrogen and oxygen atoms in total. The first kappa shape index (κ1) is 78.1. The van der Waals surface area contributed by atoms with Gasteiger partial charge in [0.05, 0.1) is 22.1 Å². The Morgan fingerprint density at radius 3 is 0.827 bits per heavy atom. The lowest BCUT2D eigenvalue weighted by Gasteiger charge is -2.19. The Bertz CT molecular complexity index is 9120. The summed E-state index contributed by atoms with van der Waals surface area (Å²) in [5.41, 5.74) is 31.1. The Morgan fingerprint density at radius 1 is 0.135 bits per heavy atom. The van der Waals surface area contributed by atoms with Crippen LogP contribution >= 0.6 is 0 Å². The third kappa shape index (κ3) is 13.3. The van der Waals surface area contributed by atoms with Crippen molar-refractivity contribution in [1.82, 2.24) is 13.7 Å². The number of hydrogen-bond donors (Lipinski definition) is 0. The van der Waals surface area contributed by atoms with E-state index in [0.717, 1.165) is 0 Å². The highest BCUT2D eigenvalue weighted by atomic mass is 15.0. The summed E-state index contributed by atoms with van der Waals surface area (Å²) in [6.45, 7) is 2.15. The molecule has 0 spiro atoms. The van der Waals surface area contributed by atoms with E-state index in [2.05, 4.69) is 519 Å². The van der Waals surface area contributed by atoms with Crippen molar-refractivity contribution in [1.29, 1.82) is 0 Å². The third-order valence-corrected chi connectivity index (χ3v) is 27.8. The van der Waals surface area contributed by atoms with Crippen LogP contribution in [0.1, 0.15) is 5.56 Å². The molecule has 0 aliphatic heterocycles. The number of nitrogens with zero attached hydrogens (tertiary/aromatic N) is 3. The Hall–Kier alpha value is -17.2.